The SMILES string of the molecule is COc1ccc([C@@H](C)NC(=O)c2ccc(Cl)c(S(=O)(=O)Nc3ccc(C)c(C)c3)c2)cc1OC. The van der Waals surface area contributed by atoms with Crippen LogP contribution in [0.15, 0.2) is 59.5 Å². The van der Waals surface area contributed by atoms with Crippen molar-refractivity contribution in [2.75, 3.05) is 18.9 Å². The lowest BCUT2D eigenvalue weighted by Gasteiger charge is -2.17. The number of nitrogens with one attached hydrogen (secondary N) is 2. The minimum Gasteiger partial charge on any atom is -0.493 e. The fraction of sp³-hybridized carbons (Fsp3) is 0.240. The van der Waals surface area contributed by atoms with E-state index in [1.54, 1.807) is 31.4 Å². The predicted octanol–water partition coefficient (Wildman–Crippen LogP) is 5.27. The lowest BCUT2D eigenvalue weighted by Crippen LogP contribution is -2.27. The van der Waals surface area contributed by atoms with Crippen molar-refractivity contribution in [1.29, 1.82) is 0 Å². The molecule has 7 nitrogen and oxygen atoms in total. The molecule has 0 aromatic heterocycles. The van der Waals surface area contributed by atoms with E-state index < -0.39 is 15.9 Å². The van der Waals surface area contributed by atoms with Crippen LogP contribution in [0.3, 0.4) is 0 Å². The first kappa shape index (κ1) is 25.4. The second-order valence-corrected chi connectivity index (χ2v) is 9.92. The molecule has 9 heteroatoms. The number of methoxy groups -OCH3 is 2. The van der Waals surface area contributed by atoms with E-state index >= 15 is 0 Å². The van der Waals surface area contributed by atoms with Gasteiger partial charge in [0.1, 0.15) is 4.90 Å². The zero-order valence-corrected chi connectivity index (χ0v) is 21.2. The number of anilines is 1. The second-order valence-electron chi connectivity index (χ2n) is 7.86. The molecule has 1 amide bonds. The van der Waals surface area contributed by atoms with E-state index in [4.69, 9.17) is 21.1 Å². The van der Waals surface area contributed by atoms with Crippen molar-refractivity contribution in [1.82, 2.24) is 5.32 Å². The quantitative estimate of drug-likeness (QED) is 0.438. The molecule has 0 saturated carbocycles. The molecule has 0 spiro atoms. The maximum absolute atomic E-state index is 13.0. The molecule has 2 N–H and O–H groups in total. The Morgan fingerprint density at radius 1 is 0.912 bits per heavy atom. The van der Waals surface area contributed by atoms with Crippen LogP contribution in [0.5, 0.6) is 11.5 Å². The van der Waals surface area contributed by atoms with Crippen LogP contribution in [-0.2, 0) is 10.0 Å². The number of sulfonamides is 1. The third kappa shape index (κ3) is 5.63. The monoisotopic (exact) mass is 502 g/mol. The minimum absolute atomic E-state index is 0.0147. The van der Waals surface area contributed by atoms with E-state index in [-0.39, 0.29) is 21.5 Å². The van der Waals surface area contributed by atoms with Crippen molar-refractivity contribution in [3.63, 3.8) is 0 Å². The molecule has 0 aliphatic heterocycles. The average Bonchev–Trinajstić information content (AvgIpc) is 2.80. The Bertz CT molecular complexity index is 1320. The molecule has 3 aromatic rings. The highest BCUT2D eigenvalue weighted by molar-refractivity contribution is 7.92. The number of ether oxygens (including phenoxy) is 2. The lowest BCUT2D eigenvalue weighted by molar-refractivity contribution is 0.0939. The molecule has 0 fully saturated rings. The van der Waals surface area contributed by atoms with Crippen LogP contribution in [0.1, 0.15) is 40.0 Å². The molecule has 0 aliphatic carbocycles. The van der Waals surface area contributed by atoms with Crippen LogP contribution in [-0.4, -0.2) is 28.5 Å². The number of halogens is 1. The van der Waals surface area contributed by atoms with Gasteiger partial charge in [-0.1, -0.05) is 23.7 Å². The van der Waals surface area contributed by atoms with Crippen molar-refractivity contribution in [2.24, 2.45) is 0 Å². The summed E-state index contributed by atoms with van der Waals surface area (Å²) in [4.78, 5) is 12.7. The number of carbonyl (C=O) groups is 1. The van der Waals surface area contributed by atoms with E-state index in [0.717, 1.165) is 16.7 Å². The zero-order valence-electron chi connectivity index (χ0n) is 19.6. The average molecular weight is 503 g/mol. The van der Waals surface area contributed by atoms with Crippen molar-refractivity contribution in [3.8, 4) is 11.5 Å². The topological polar surface area (TPSA) is 93.7 Å². The van der Waals surface area contributed by atoms with Gasteiger partial charge in [-0.05, 0) is 79.9 Å². The summed E-state index contributed by atoms with van der Waals surface area (Å²) in [7, 11) is -0.940. The Hall–Kier alpha value is -3.23. The first-order valence-electron chi connectivity index (χ1n) is 10.5. The molecule has 0 saturated heterocycles. The van der Waals surface area contributed by atoms with Crippen LogP contribution >= 0.6 is 11.6 Å². The van der Waals surface area contributed by atoms with Gasteiger partial charge in [-0.3, -0.25) is 9.52 Å². The van der Waals surface area contributed by atoms with Gasteiger partial charge in [0.2, 0.25) is 0 Å². The van der Waals surface area contributed by atoms with Crippen LogP contribution in [0.25, 0.3) is 0 Å². The summed E-state index contributed by atoms with van der Waals surface area (Å²) in [6.45, 7) is 5.65. The molecular weight excluding hydrogens is 476 g/mol. The molecular formula is C25H27ClN2O5S. The summed E-state index contributed by atoms with van der Waals surface area (Å²) in [6.07, 6.45) is 0. The van der Waals surface area contributed by atoms with Gasteiger partial charge in [-0.15, -0.1) is 0 Å². The number of hydrogen-bond acceptors (Lipinski definition) is 5. The fourth-order valence-electron chi connectivity index (χ4n) is 3.35. The van der Waals surface area contributed by atoms with Crippen molar-refractivity contribution >= 4 is 33.2 Å². The van der Waals surface area contributed by atoms with E-state index in [1.807, 2.05) is 32.9 Å². The summed E-state index contributed by atoms with van der Waals surface area (Å²) in [5, 5.41) is 2.88. The Balaban J connectivity index is 1.83. The number of amides is 1. The van der Waals surface area contributed by atoms with E-state index in [2.05, 4.69) is 10.0 Å². The number of aryl methyl sites for hydroxylation is 2. The van der Waals surface area contributed by atoms with E-state index in [1.165, 1.54) is 25.3 Å². The van der Waals surface area contributed by atoms with Crippen LogP contribution in [0, 0.1) is 13.8 Å². The number of benzene rings is 3. The summed E-state index contributed by atoms with van der Waals surface area (Å²) < 4.78 is 39.1. The molecule has 1 atom stereocenters. The number of hydrogen-bond donors (Lipinski definition) is 2. The van der Waals surface area contributed by atoms with Gasteiger partial charge in [-0.2, -0.15) is 0 Å². The Morgan fingerprint density at radius 2 is 1.62 bits per heavy atom. The van der Waals surface area contributed by atoms with Crippen LogP contribution in [0.4, 0.5) is 5.69 Å². The standard InChI is InChI=1S/C25H27ClN2O5S/c1-15-6-9-20(12-16(15)2)28-34(30,31)24-14-19(7-10-21(24)26)25(29)27-17(3)18-8-11-22(32-4)23(13-18)33-5/h6-14,17,28H,1-5H3,(H,27,29)/t17-/m1/s1. The second kappa shape index (κ2) is 10.4. The van der Waals surface area contributed by atoms with Gasteiger partial charge >= 0.3 is 0 Å². The molecule has 0 unspecified atom stereocenters. The largest absolute Gasteiger partial charge is 0.493 e. The smallest absolute Gasteiger partial charge is 0.263 e. The highest BCUT2D eigenvalue weighted by Gasteiger charge is 2.22. The zero-order chi connectivity index (χ0) is 25.0. The molecule has 0 aliphatic rings. The Morgan fingerprint density at radius 3 is 2.26 bits per heavy atom. The summed E-state index contributed by atoms with van der Waals surface area (Å²) >= 11 is 6.20. The molecule has 0 radical (unpaired) electrons. The Labute approximate surface area is 205 Å². The van der Waals surface area contributed by atoms with E-state index in [0.29, 0.717) is 17.2 Å². The highest BCUT2D eigenvalue weighted by Crippen LogP contribution is 2.30. The van der Waals surface area contributed by atoms with Gasteiger partial charge < -0.3 is 14.8 Å². The molecule has 180 valence electrons. The van der Waals surface area contributed by atoms with Gasteiger partial charge in [0.05, 0.1) is 25.3 Å². The van der Waals surface area contributed by atoms with Crippen molar-refractivity contribution < 1.29 is 22.7 Å². The number of carbonyl (C=O) groups excluding carboxylic acids is 1. The first-order valence-corrected chi connectivity index (χ1v) is 12.3. The third-order valence-electron chi connectivity index (χ3n) is 5.50. The molecule has 34 heavy (non-hydrogen) atoms. The van der Waals surface area contributed by atoms with Gasteiger partial charge in [0.25, 0.3) is 15.9 Å². The minimum atomic E-state index is -4.02. The normalized spacial score (nSPS) is 12.1. The molecule has 0 heterocycles. The highest BCUT2D eigenvalue weighted by atomic mass is 35.5. The van der Waals surface area contributed by atoms with Crippen LogP contribution < -0.4 is 19.5 Å². The number of rotatable bonds is 8. The summed E-state index contributed by atoms with van der Waals surface area (Å²) in [5.74, 6) is 0.675. The van der Waals surface area contributed by atoms with Crippen molar-refractivity contribution in [2.45, 2.75) is 31.7 Å². The van der Waals surface area contributed by atoms with Gasteiger partial charge in [-0.25, -0.2) is 8.42 Å². The predicted molar refractivity (Wildman–Crippen MR) is 134 cm³/mol. The van der Waals surface area contributed by atoms with Gasteiger partial charge in [0, 0.05) is 11.3 Å². The summed E-state index contributed by atoms with van der Waals surface area (Å²) in [5.41, 5.74) is 3.37. The first-order chi connectivity index (χ1) is 16.1. The Kier molecular flexibility index (Phi) is 7.74. The molecule has 3 aromatic carbocycles. The maximum atomic E-state index is 13.0. The molecule has 0 bridgehead atoms. The third-order valence-corrected chi connectivity index (χ3v) is 7.36. The molecule has 3 rings (SSSR count). The summed E-state index contributed by atoms with van der Waals surface area (Å²) in [6, 6.07) is 14.3. The van der Waals surface area contributed by atoms with E-state index in [9.17, 15) is 13.2 Å². The maximum Gasteiger partial charge on any atom is 0.263 e. The lowest BCUT2D eigenvalue weighted by atomic mass is 10.1. The fourth-order valence-corrected chi connectivity index (χ4v) is 4.93. The van der Waals surface area contributed by atoms with Crippen LogP contribution in [0.2, 0.25) is 5.02 Å². The van der Waals surface area contributed by atoms with Gasteiger partial charge in [0.15, 0.2) is 11.5 Å². The van der Waals surface area contributed by atoms with Crippen molar-refractivity contribution in [3.05, 3.63) is 81.9 Å².